The number of allylic oxidation sites excluding steroid dienone is 3. The largest absolute Gasteiger partial charge is 0.295 e. The van der Waals surface area contributed by atoms with Gasteiger partial charge in [-0.2, -0.15) is 0 Å². The monoisotopic (exact) mass is 190 g/mol. The Morgan fingerprint density at radius 2 is 1.79 bits per heavy atom. The average molecular weight is 190 g/mol. The van der Waals surface area contributed by atoms with Crippen LogP contribution in [0.15, 0.2) is 38.0 Å². The molecule has 0 spiro atoms. The molecule has 4 atom stereocenters. The SMILES string of the molecule is C=CC(=O)C1C(C=C)CC(C=C)C1C. The molecule has 1 aliphatic carbocycles. The average Bonchev–Trinajstić information content (AvgIpc) is 2.53. The molecule has 0 saturated heterocycles. The van der Waals surface area contributed by atoms with Crippen molar-refractivity contribution in [3.8, 4) is 0 Å². The Hall–Kier alpha value is -1.11. The summed E-state index contributed by atoms with van der Waals surface area (Å²) >= 11 is 0. The molecule has 14 heavy (non-hydrogen) atoms. The number of carbonyl (C=O) groups is 1. The second kappa shape index (κ2) is 4.41. The Bertz CT molecular complexity index is 264. The van der Waals surface area contributed by atoms with Gasteiger partial charge in [-0.05, 0) is 30.3 Å². The molecule has 0 heterocycles. The van der Waals surface area contributed by atoms with E-state index in [1.54, 1.807) is 0 Å². The molecule has 1 rings (SSSR count). The zero-order valence-electron chi connectivity index (χ0n) is 8.78. The van der Waals surface area contributed by atoms with Gasteiger partial charge in [0, 0.05) is 5.92 Å². The first-order valence-corrected chi connectivity index (χ1v) is 5.07. The summed E-state index contributed by atoms with van der Waals surface area (Å²) in [6.07, 6.45) is 6.28. The lowest BCUT2D eigenvalue weighted by Gasteiger charge is -2.18. The Labute approximate surface area is 86.2 Å². The molecule has 1 nitrogen and oxygen atoms in total. The Balaban J connectivity index is 2.90. The molecule has 0 aromatic heterocycles. The van der Waals surface area contributed by atoms with Crippen LogP contribution >= 0.6 is 0 Å². The Morgan fingerprint density at radius 3 is 2.21 bits per heavy atom. The topological polar surface area (TPSA) is 17.1 Å². The molecule has 4 unspecified atom stereocenters. The van der Waals surface area contributed by atoms with E-state index in [1.165, 1.54) is 6.08 Å². The van der Waals surface area contributed by atoms with Crippen LogP contribution in [0.5, 0.6) is 0 Å². The van der Waals surface area contributed by atoms with Crippen LogP contribution in [0.1, 0.15) is 13.3 Å². The van der Waals surface area contributed by atoms with Crippen LogP contribution < -0.4 is 0 Å². The molecule has 0 aromatic rings. The maximum atomic E-state index is 11.7. The molecule has 1 heteroatoms. The van der Waals surface area contributed by atoms with E-state index in [0.29, 0.717) is 17.8 Å². The molecule has 0 bridgehead atoms. The third kappa shape index (κ3) is 1.72. The highest BCUT2D eigenvalue weighted by molar-refractivity contribution is 5.92. The smallest absolute Gasteiger partial charge is 0.159 e. The number of ketones is 1. The molecule has 1 aliphatic rings. The second-order valence-corrected chi connectivity index (χ2v) is 4.03. The number of hydrogen-bond donors (Lipinski definition) is 0. The first-order chi connectivity index (χ1) is 6.65. The zero-order valence-corrected chi connectivity index (χ0v) is 8.78. The molecule has 1 saturated carbocycles. The molecule has 0 aromatic carbocycles. The van der Waals surface area contributed by atoms with Gasteiger partial charge in [-0.1, -0.05) is 25.7 Å². The van der Waals surface area contributed by atoms with Gasteiger partial charge in [0.1, 0.15) is 0 Å². The van der Waals surface area contributed by atoms with E-state index >= 15 is 0 Å². The predicted molar refractivity (Wildman–Crippen MR) is 59.8 cm³/mol. The molecule has 0 radical (unpaired) electrons. The van der Waals surface area contributed by atoms with E-state index in [-0.39, 0.29) is 11.7 Å². The molecular weight excluding hydrogens is 172 g/mol. The molecule has 76 valence electrons. The highest BCUT2D eigenvalue weighted by Crippen LogP contribution is 2.43. The van der Waals surface area contributed by atoms with Crippen LogP contribution in [0.25, 0.3) is 0 Å². The standard InChI is InChI=1S/C13H18O/c1-5-10-8-11(6-2)13(9(10)4)12(14)7-3/h5-7,9-11,13H,1-3,8H2,4H3. The van der Waals surface area contributed by atoms with Crippen LogP contribution in [-0.4, -0.2) is 5.78 Å². The van der Waals surface area contributed by atoms with Gasteiger partial charge in [0.2, 0.25) is 0 Å². The predicted octanol–water partition coefficient (Wildman–Crippen LogP) is 3.00. The number of carbonyl (C=O) groups excluding carboxylic acids is 1. The van der Waals surface area contributed by atoms with Crippen molar-refractivity contribution in [1.82, 2.24) is 0 Å². The summed E-state index contributed by atoms with van der Waals surface area (Å²) in [6, 6.07) is 0. The third-order valence-corrected chi connectivity index (χ3v) is 3.38. The van der Waals surface area contributed by atoms with Gasteiger partial charge in [0.25, 0.3) is 0 Å². The van der Waals surface area contributed by atoms with E-state index in [0.717, 1.165) is 6.42 Å². The van der Waals surface area contributed by atoms with Crippen molar-refractivity contribution in [2.45, 2.75) is 13.3 Å². The van der Waals surface area contributed by atoms with Crippen LogP contribution in [-0.2, 0) is 4.79 Å². The summed E-state index contributed by atoms with van der Waals surface area (Å²) in [5.41, 5.74) is 0. The summed E-state index contributed by atoms with van der Waals surface area (Å²) in [7, 11) is 0. The minimum absolute atomic E-state index is 0.0630. The summed E-state index contributed by atoms with van der Waals surface area (Å²) < 4.78 is 0. The van der Waals surface area contributed by atoms with E-state index in [9.17, 15) is 4.79 Å². The molecule has 1 fully saturated rings. The van der Waals surface area contributed by atoms with Crippen molar-refractivity contribution in [2.75, 3.05) is 0 Å². The molecule has 0 N–H and O–H groups in total. The third-order valence-electron chi connectivity index (χ3n) is 3.38. The van der Waals surface area contributed by atoms with Crippen molar-refractivity contribution < 1.29 is 4.79 Å². The molecule has 0 amide bonds. The van der Waals surface area contributed by atoms with Crippen molar-refractivity contribution in [3.05, 3.63) is 38.0 Å². The Morgan fingerprint density at radius 1 is 1.21 bits per heavy atom. The van der Waals surface area contributed by atoms with Crippen molar-refractivity contribution in [1.29, 1.82) is 0 Å². The maximum absolute atomic E-state index is 11.7. The highest BCUT2D eigenvalue weighted by Gasteiger charge is 2.40. The maximum Gasteiger partial charge on any atom is 0.159 e. The van der Waals surface area contributed by atoms with Gasteiger partial charge in [0.05, 0.1) is 0 Å². The normalized spacial score (nSPS) is 36.4. The van der Waals surface area contributed by atoms with E-state index < -0.39 is 0 Å². The summed E-state index contributed by atoms with van der Waals surface area (Å²) in [6.45, 7) is 13.3. The van der Waals surface area contributed by atoms with Crippen molar-refractivity contribution in [2.24, 2.45) is 23.7 Å². The van der Waals surface area contributed by atoms with E-state index in [4.69, 9.17) is 0 Å². The second-order valence-electron chi connectivity index (χ2n) is 4.03. The van der Waals surface area contributed by atoms with Gasteiger partial charge >= 0.3 is 0 Å². The van der Waals surface area contributed by atoms with Gasteiger partial charge < -0.3 is 0 Å². The fraction of sp³-hybridized carbons (Fsp3) is 0.462. The van der Waals surface area contributed by atoms with Crippen molar-refractivity contribution in [3.63, 3.8) is 0 Å². The molecular formula is C13H18O. The summed E-state index contributed by atoms with van der Waals surface area (Å²) in [5.74, 6) is 1.30. The fourth-order valence-corrected chi connectivity index (χ4v) is 2.49. The lowest BCUT2D eigenvalue weighted by molar-refractivity contribution is -0.119. The highest BCUT2D eigenvalue weighted by atomic mass is 16.1. The quantitative estimate of drug-likeness (QED) is 0.492. The molecule has 0 aliphatic heterocycles. The van der Waals surface area contributed by atoms with E-state index in [1.807, 2.05) is 12.2 Å². The van der Waals surface area contributed by atoms with Crippen LogP contribution in [0.3, 0.4) is 0 Å². The van der Waals surface area contributed by atoms with Crippen LogP contribution in [0, 0.1) is 23.7 Å². The van der Waals surface area contributed by atoms with Gasteiger partial charge in [-0.15, -0.1) is 13.2 Å². The lowest BCUT2D eigenvalue weighted by atomic mass is 9.85. The van der Waals surface area contributed by atoms with Gasteiger partial charge in [-0.3, -0.25) is 4.79 Å². The van der Waals surface area contributed by atoms with Crippen molar-refractivity contribution >= 4 is 5.78 Å². The Kier molecular flexibility index (Phi) is 3.45. The summed E-state index contributed by atoms with van der Waals surface area (Å²) in [5, 5.41) is 0. The van der Waals surface area contributed by atoms with Crippen LogP contribution in [0.4, 0.5) is 0 Å². The van der Waals surface area contributed by atoms with E-state index in [2.05, 4.69) is 26.7 Å². The minimum Gasteiger partial charge on any atom is -0.295 e. The fourth-order valence-electron chi connectivity index (χ4n) is 2.49. The zero-order chi connectivity index (χ0) is 10.7. The first-order valence-electron chi connectivity index (χ1n) is 5.07. The van der Waals surface area contributed by atoms with Crippen LogP contribution in [0.2, 0.25) is 0 Å². The van der Waals surface area contributed by atoms with Gasteiger partial charge in [0.15, 0.2) is 5.78 Å². The van der Waals surface area contributed by atoms with Gasteiger partial charge in [-0.25, -0.2) is 0 Å². The number of hydrogen-bond acceptors (Lipinski definition) is 1. The lowest BCUT2D eigenvalue weighted by Crippen LogP contribution is -2.21. The first kappa shape index (κ1) is 11.0. The minimum atomic E-state index is 0.0630. The summed E-state index contributed by atoms with van der Waals surface area (Å²) in [4.78, 5) is 11.7. The number of rotatable bonds is 4.